The van der Waals surface area contributed by atoms with Gasteiger partial charge in [-0.15, -0.1) is 0 Å². The van der Waals surface area contributed by atoms with E-state index < -0.39 is 10.0 Å². The summed E-state index contributed by atoms with van der Waals surface area (Å²) >= 11 is 0. The van der Waals surface area contributed by atoms with Crippen LogP contribution in [0.25, 0.3) is 0 Å². The van der Waals surface area contributed by atoms with Crippen LogP contribution in [0.15, 0.2) is 27.6 Å². The van der Waals surface area contributed by atoms with Crippen LogP contribution in [0.5, 0.6) is 0 Å². The second kappa shape index (κ2) is 5.57. The largest absolute Gasteiger partial charge is 0.360 e. The molecule has 4 rings (SSSR count). The van der Waals surface area contributed by atoms with Gasteiger partial charge in [-0.1, -0.05) is 22.9 Å². The predicted molar refractivity (Wildman–Crippen MR) is 95.5 cm³/mol. The number of hydrogen-bond acceptors (Lipinski definition) is 5. The number of anilines is 1. The summed E-state index contributed by atoms with van der Waals surface area (Å²) in [6.07, 6.45) is 0.817. The minimum absolute atomic E-state index is 0.0494. The zero-order valence-corrected chi connectivity index (χ0v) is 15.8. The van der Waals surface area contributed by atoms with E-state index in [9.17, 15) is 8.42 Å². The van der Waals surface area contributed by atoms with Crippen LogP contribution in [-0.2, 0) is 10.0 Å². The molecule has 0 spiro atoms. The highest BCUT2D eigenvalue weighted by Gasteiger charge is 2.47. The van der Waals surface area contributed by atoms with Gasteiger partial charge in [-0.2, -0.15) is 0 Å². The normalized spacial score (nSPS) is 23.6. The highest BCUT2D eigenvalue weighted by atomic mass is 32.2. The van der Waals surface area contributed by atoms with Crippen molar-refractivity contribution in [3.63, 3.8) is 0 Å². The van der Waals surface area contributed by atoms with E-state index in [1.807, 2.05) is 19.1 Å². The number of hydrogen-bond donors (Lipinski definition) is 0. The van der Waals surface area contributed by atoms with Gasteiger partial charge < -0.3 is 9.42 Å². The van der Waals surface area contributed by atoms with Crippen molar-refractivity contribution in [2.24, 2.45) is 0 Å². The number of aryl methyl sites for hydroxylation is 3. The Balaban J connectivity index is 1.90. The SMILES string of the molecule is Cc1ccc2c(c1)[C@H]1CN(C)CC[C@H]1N2S(=O)(=O)c1c(C)noc1C. The molecule has 3 heterocycles. The first kappa shape index (κ1) is 16.6. The molecule has 0 radical (unpaired) electrons. The van der Waals surface area contributed by atoms with Gasteiger partial charge >= 0.3 is 0 Å². The third-order valence-electron chi connectivity index (χ3n) is 5.39. The smallest absolute Gasteiger partial charge is 0.270 e. The number of likely N-dealkylation sites (N-methyl/N-ethyl adjacent to an activating group) is 1. The van der Waals surface area contributed by atoms with Gasteiger partial charge in [-0.25, -0.2) is 8.42 Å². The lowest BCUT2D eigenvalue weighted by atomic mass is 9.89. The highest BCUT2D eigenvalue weighted by molar-refractivity contribution is 7.93. The van der Waals surface area contributed by atoms with Crippen LogP contribution in [0.3, 0.4) is 0 Å². The first-order valence-electron chi connectivity index (χ1n) is 8.57. The molecule has 0 bridgehead atoms. The van der Waals surface area contributed by atoms with E-state index >= 15 is 0 Å². The Hall–Kier alpha value is -1.86. The van der Waals surface area contributed by atoms with Crippen LogP contribution in [-0.4, -0.2) is 44.7 Å². The molecule has 0 aliphatic carbocycles. The van der Waals surface area contributed by atoms with Gasteiger partial charge in [0.1, 0.15) is 5.69 Å². The van der Waals surface area contributed by atoms with Crippen molar-refractivity contribution >= 4 is 15.7 Å². The van der Waals surface area contributed by atoms with Crippen molar-refractivity contribution in [2.75, 3.05) is 24.4 Å². The molecule has 1 saturated heterocycles. The van der Waals surface area contributed by atoms with E-state index in [1.165, 1.54) is 0 Å². The summed E-state index contributed by atoms with van der Waals surface area (Å²) in [5.41, 5.74) is 3.51. The second-order valence-electron chi connectivity index (χ2n) is 7.24. The van der Waals surface area contributed by atoms with Gasteiger partial charge in [-0.05, 0) is 52.4 Å². The summed E-state index contributed by atoms with van der Waals surface area (Å²) in [6, 6.07) is 6.01. The fourth-order valence-electron chi connectivity index (χ4n) is 4.29. The van der Waals surface area contributed by atoms with Crippen LogP contribution in [0.4, 0.5) is 5.69 Å². The quantitative estimate of drug-likeness (QED) is 0.822. The number of piperidine rings is 1. The van der Waals surface area contributed by atoms with Crippen molar-refractivity contribution in [3.05, 3.63) is 40.8 Å². The molecular weight excluding hydrogens is 338 g/mol. The van der Waals surface area contributed by atoms with Gasteiger partial charge in [0.15, 0.2) is 10.7 Å². The molecule has 6 nitrogen and oxygen atoms in total. The molecule has 2 atom stereocenters. The molecule has 2 aromatic rings. The van der Waals surface area contributed by atoms with Crippen molar-refractivity contribution in [1.29, 1.82) is 0 Å². The van der Waals surface area contributed by atoms with E-state index in [1.54, 1.807) is 18.2 Å². The summed E-state index contributed by atoms with van der Waals surface area (Å²) in [7, 11) is -1.62. The van der Waals surface area contributed by atoms with Crippen LogP contribution < -0.4 is 4.31 Å². The monoisotopic (exact) mass is 361 g/mol. The highest BCUT2D eigenvalue weighted by Crippen LogP contribution is 2.47. The lowest BCUT2D eigenvalue weighted by molar-refractivity contribution is 0.237. The van der Waals surface area contributed by atoms with Crippen LogP contribution in [0.2, 0.25) is 0 Å². The lowest BCUT2D eigenvalue weighted by Gasteiger charge is -2.36. The van der Waals surface area contributed by atoms with E-state index in [2.05, 4.69) is 23.2 Å². The number of rotatable bonds is 2. The average Bonchev–Trinajstić information content (AvgIpc) is 3.05. The maximum atomic E-state index is 13.5. The van der Waals surface area contributed by atoms with Gasteiger partial charge in [0.2, 0.25) is 0 Å². The van der Waals surface area contributed by atoms with Crippen LogP contribution in [0, 0.1) is 20.8 Å². The zero-order chi connectivity index (χ0) is 17.9. The average molecular weight is 361 g/mol. The Bertz CT molecular complexity index is 916. The molecule has 0 unspecified atom stereocenters. The van der Waals surface area contributed by atoms with E-state index in [-0.39, 0.29) is 16.9 Å². The van der Waals surface area contributed by atoms with Crippen LogP contribution >= 0.6 is 0 Å². The maximum absolute atomic E-state index is 13.5. The summed E-state index contributed by atoms with van der Waals surface area (Å²) < 4.78 is 33.8. The molecule has 134 valence electrons. The molecule has 7 heteroatoms. The number of sulfonamides is 1. The molecule has 25 heavy (non-hydrogen) atoms. The first-order chi connectivity index (χ1) is 11.8. The number of fused-ring (bicyclic) bond motifs is 3. The van der Waals surface area contributed by atoms with Crippen molar-refractivity contribution < 1.29 is 12.9 Å². The van der Waals surface area contributed by atoms with E-state index in [0.717, 1.165) is 36.3 Å². The molecule has 0 amide bonds. The Morgan fingerprint density at radius 1 is 1.24 bits per heavy atom. The number of likely N-dealkylation sites (tertiary alicyclic amines) is 1. The Labute approximate surface area is 148 Å². The molecular formula is C18H23N3O3S. The minimum Gasteiger partial charge on any atom is -0.360 e. The topological polar surface area (TPSA) is 66.7 Å². The summed E-state index contributed by atoms with van der Waals surface area (Å²) in [6.45, 7) is 7.15. The first-order valence-corrected chi connectivity index (χ1v) is 10.0. The molecule has 1 aromatic carbocycles. The summed E-state index contributed by atoms with van der Waals surface area (Å²) in [5, 5.41) is 3.85. The van der Waals surface area contributed by atoms with E-state index in [0.29, 0.717) is 11.5 Å². The fourth-order valence-corrected chi connectivity index (χ4v) is 6.33. The number of aromatic nitrogens is 1. The van der Waals surface area contributed by atoms with Gasteiger partial charge in [0, 0.05) is 12.5 Å². The van der Waals surface area contributed by atoms with Crippen molar-refractivity contribution in [2.45, 2.75) is 44.0 Å². The molecule has 1 fully saturated rings. The van der Waals surface area contributed by atoms with E-state index in [4.69, 9.17) is 4.52 Å². The Kier molecular flexibility index (Phi) is 3.70. The maximum Gasteiger partial charge on any atom is 0.270 e. The fraction of sp³-hybridized carbons (Fsp3) is 0.500. The van der Waals surface area contributed by atoms with Crippen molar-refractivity contribution in [1.82, 2.24) is 10.1 Å². The van der Waals surface area contributed by atoms with Gasteiger partial charge in [-0.3, -0.25) is 4.31 Å². The van der Waals surface area contributed by atoms with Gasteiger partial charge in [0.05, 0.1) is 11.7 Å². The van der Waals surface area contributed by atoms with Crippen LogP contribution in [0.1, 0.15) is 34.9 Å². The second-order valence-corrected chi connectivity index (χ2v) is 8.99. The number of benzene rings is 1. The minimum atomic E-state index is -3.71. The van der Waals surface area contributed by atoms with Gasteiger partial charge in [0.25, 0.3) is 10.0 Å². The Morgan fingerprint density at radius 2 is 2.00 bits per heavy atom. The summed E-state index contributed by atoms with van der Waals surface area (Å²) in [4.78, 5) is 2.48. The molecule has 0 N–H and O–H groups in total. The Morgan fingerprint density at radius 3 is 2.68 bits per heavy atom. The zero-order valence-electron chi connectivity index (χ0n) is 15.0. The molecule has 1 aromatic heterocycles. The third kappa shape index (κ3) is 2.40. The van der Waals surface area contributed by atoms with Crippen molar-refractivity contribution in [3.8, 4) is 0 Å². The number of nitrogens with zero attached hydrogens (tertiary/aromatic N) is 3. The lowest BCUT2D eigenvalue weighted by Crippen LogP contribution is -2.47. The molecule has 0 saturated carbocycles. The standard InChI is InChI=1S/C18H23N3O3S/c1-11-5-6-16-14(9-11)15-10-20(4)8-7-17(15)21(16)25(22,23)18-12(2)19-24-13(18)3/h5-6,9,15,17H,7-8,10H2,1-4H3/t15-,17-/m1/s1. The predicted octanol–water partition coefficient (Wildman–Crippen LogP) is 2.60. The summed E-state index contributed by atoms with van der Waals surface area (Å²) in [5.74, 6) is 0.548. The molecule has 2 aliphatic rings. The third-order valence-corrected chi connectivity index (χ3v) is 7.47. The molecule has 2 aliphatic heterocycles.